The highest BCUT2D eigenvalue weighted by molar-refractivity contribution is 7.92. The van der Waals surface area contributed by atoms with Crippen molar-refractivity contribution in [3.8, 4) is 0 Å². The standard InChI is InChI=1S/C25H28N2O3S/c1-18-11-14-22(15-12-18)25(21-8-6-5-7-9-21)26-24(28)17-27(31(4,29)30)23-16-19(2)10-13-20(23)3/h5-16,25H,17H2,1-4H3,(H,26,28). The lowest BCUT2D eigenvalue weighted by molar-refractivity contribution is -0.120. The summed E-state index contributed by atoms with van der Waals surface area (Å²) in [6.07, 6.45) is 1.12. The molecule has 0 bridgehead atoms. The lowest BCUT2D eigenvalue weighted by Gasteiger charge is -2.26. The number of sulfonamides is 1. The van der Waals surface area contributed by atoms with Crippen LogP contribution in [0.5, 0.6) is 0 Å². The second kappa shape index (κ2) is 9.35. The summed E-state index contributed by atoms with van der Waals surface area (Å²) >= 11 is 0. The number of nitrogens with one attached hydrogen (secondary N) is 1. The second-order valence-electron chi connectivity index (χ2n) is 7.88. The Hall–Kier alpha value is -3.12. The van der Waals surface area contributed by atoms with E-state index in [4.69, 9.17) is 0 Å². The number of rotatable bonds is 7. The molecule has 3 aromatic rings. The summed E-state index contributed by atoms with van der Waals surface area (Å²) in [7, 11) is -3.65. The minimum atomic E-state index is -3.65. The van der Waals surface area contributed by atoms with Crippen LogP contribution < -0.4 is 9.62 Å². The molecule has 0 radical (unpaired) electrons. The molecule has 5 nitrogen and oxygen atoms in total. The summed E-state index contributed by atoms with van der Waals surface area (Å²) in [6, 6.07) is 22.8. The minimum Gasteiger partial charge on any atom is -0.344 e. The first-order valence-electron chi connectivity index (χ1n) is 10.1. The Balaban J connectivity index is 1.91. The zero-order chi connectivity index (χ0) is 22.6. The number of aryl methyl sites for hydroxylation is 3. The van der Waals surface area contributed by atoms with Gasteiger partial charge in [0.1, 0.15) is 6.54 Å². The minimum absolute atomic E-state index is 0.293. The van der Waals surface area contributed by atoms with E-state index in [1.165, 1.54) is 4.31 Å². The van der Waals surface area contributed by atoms with Crippen molar-refractivity contribution < 1.29 is 13.2 Å². The Kier molecular flexibility index (Phi) is 6.81. The molecule has 0 spiro atoms. The van der Waals surface area contributed by atoms with E-state index in [1.54, 1.807) is 6.07 Å². The maximum atomic E-state index is 13.1. The number of nitrogens with zero attached hydrogens (tertiary/aromatic N) is 1. The zero-order valence-corrected chi connectivity index (χ0v) is 19.1. The average molecular weight is 437 g/mol. The first-order valence-corrected chi connectivity index (χ1v) is 12.0. The molecule has 0 saturated heterocycles. The molecule has 0 fully saturated rings. The molecule has 0 aliphatic rings. The van der Waals surface area contributed by atoms with Gasteiger partial charge in [0.05, 0.1) is 18.0 Å². The van der Waals surface area contributed by atoms with Crippen LogP contribution >= 0.6 is 0 Å². The van der Waals surface area contributed by atoms with Crippen LogP contribution in [0.2, 0.25) is 0 Å². The molecular weight excluding hydrogens is 408 g/mol. The van der Waals surface area contributed by atoms with Gasteiger partial charge in [0, 0.05) is 0 Å². The predicted molar refractivity (Wildman–Crippen MR) is 126 cm³/mol. The third-order valence-corrected chi connectivity index (χ3v) is 6.30. The van der Waals surface area contributed by atoms with Gasteiger partial charge in [0.2, 0.25) is 15.9 Å². The first-order chi connectivity index (χ1) is 14.6. The lowest BCUT2D eigenvalue weighted by atomic mass is 9.98. The zero-order valence-electron chi connectivity index (χ0n) is 18.3. The fourth-order valence-electron chi connectivity index (χ4n) is 3.47. The largest absolute Gasteiger partial charge is 0.344 e. The quantitative estimate of drug-likeness (QED) is 0.601. The van der Waals surface area contributed by atoms with Crippen molar-refractivity contribution in [1.29, 1.82) is 0 Å². The highest BCUT2D eigenvalue weighted by Crippen LogP contribution is 2.25. The van der Waals surface area contributed by atoms with Gasteiger partial charge in [-0.1, -0.05) is 72.3 Å². The van der Waals surface area contributed by atoms with Gasteiger partial charge in [0.25, 0.3) is 0 Å². The van der Waals surface area contributed by atoms with Crippen LogP contribution in [0.4, 0.5) is 5.69 Å². The van der Waals surface area contributed by atoms with Crippen molar-refractivity contribution in [3.05, 3.63) is 101 Å². The number of carbonyl (C=O) groups excluding carboxylic acids is 1. The first kappa shape index (κ1) is 22.6. The topological polar surface area (TPSA) is 66.5 Å². The second-order valence-corrected chi connectivity index (χ2v) is 9.79. The van der Waals surface area contributed by atoms with Crippen molar-refractivity contribution in [2.75, 3.05) is 17.1 Å². The monoisotopic (exact) mass is 436 g/mol. The Morgan fingerprint density at radius 2 is 1.45 bits per heavy atom. The molecule has 6 heteroatoms. The summed E-state index contributed by atoms with van der Waals surface area (Å²) < 4.78 is 26.2. The van der Waals surface area contributed by atoms with Gasteiger partial charge in [-0.25, -0.2) is 8.42 Å². The number of amides is 1. The van der Waals surface area contributed by atoms with Gasteiger partial charge >= 0.3 is 0 Å². The maximum absolute atomic E-state index is 13.1. The molecular formula is C25H28N2O3S. The summed E-state index contributed by atoms with van der Waals surface area (Å²) in [6.45, 7) is 5.45. The molecule has 1 atom stereocenters. The molecule has 1 unspecified atom stereocenters. The fraction of sp³-hybridized carbons (Fsp3) is 0.240. The third-order valence-electron chi connectivity index (χ3n) is 5.17. The van der Waals surface area contributed by atoms with E-state index in [9.17, 15) is 13.2 Å². The molecule has 0 aromatic heterocycles. The van der Waals surface area contributed by atoms with Crippen molar-refractivity contribution in [2.24, 2.45) is 0 Å². The molecule has 0 aliphatic carbocycles. The van der Waals surface area contributed by atoms with Crippen molar-refractivity contribution in [1.82, 2.24) is 5.32 Å². The number of hydrogen-bond acceptors (Lipinski definition) is 3. The highest BCUT2D eigenvalue weighted by atomic mass is 32.2. The van der Waals surface area contributed by atoms with Crippen LogP contribution in [0, 0.1) is 20.8 Å². The Labute approximate surface area is 184 Å². The molecule has 31 heavy (non-hydrogen) atoms. The van der Waals surface area contributed by atoms with E-state index in [-0.39, 0.29) is 18.5 Å². The van der Waals surface area contributed by atoms with Crippen molar-refractivity contribution in [2.45, 2.75) is 26.8 Å². The molecule has 3 rings (SSSR count). The molecule has 1 amide bonds. The van der Waals surface area contributed by atoms with Gasteiger partial charge < -0.3 is 5.32 Å². The average Bonchev–Trinajstić information content (AvgIpc) is 2.73. The molecule has 0 heterocycles. The van der Waals surface area contributed by atoms with Gasteiger partial charge in [-0.3, -0.25) is 9.10 Å². The third kappa shape index (κ3) is 5.73. The van der Waals surface area contributed by atoms with E-state index in [2.05, 4.69) is 5.32 Å². The molecule has 0 aliphatic heterocycles. The fourth-order valence-corrected chi connectivity index (χ4v) is 4.38. The lowest BCUT2D eigenvalue weighted by Crippen LogP contribution is -2.42. The van der Waals surface area contributed by atoms with Gasteiger partial charge in [-0.2, -0.15) is 0 Å². The molecule has 1 N–H and O–H groups in total. The Morgan fingerprint density at radius 3 is 2.06 bits per heavy atom. The van der Waals surface area contributed by atoms with Crippen LogP contribution in [0.3, 0.4) is 0 Å². The van der Waals surface area contributed by atoms with Crippen LogP contribution in [-0.2, 0) is 14.8 Å². The molecule has 3 aromatic carbocycles. The van der Waals surface area contributed by atoms with E-state index in [0.29, 0.717) is 5.69 Å². The van der Waals surface area contributed by atoms with Crippen LogP contribution in [0.1, 0.15) is 33.9 Å². The van der Waals surface area contributed by atoms with E-state index >= 15 is 0 Å². The Morgan fingerprint density at radius 1 is 0.871 bits per heavy atom. The van der Waals surface area contributed by atoms with Gasteiger partial charge in [-0.05, 0) is 49.1 Å². The van der Waals surface area contributed by atoms with Crippen molar-refractivity contribution >= 4 is 21.6 Å². The van der Waals surface area contributed by atoms with E-state index in [1.807, 2.05) is 87.5 Å². The number of hydrogen-bond donors (Lipinski definition) is 1. The Bertz CT molecular complexity index is 1160. The maximum Gasteiger partial charge on any atom is 0.241 e. The highest BCUT2D eigenvalue weighted by Gasteiger charge is 2.25. The van der Waals surface area contributed by atoms with Crippen LogP contribution in [0.25, 0.3) is 0 Å². The predicted octanol–water partition coefficient (Wildman–Crippen LogP) is 4.28. The van der Waals surface area contributed by atoms with Gasteiger partial charge in [-0.15, -0.1) is 0 Å². The number of anilines is 1. The van der Waals surface area contributed by atoms with E-state index in [0.717, 1.165) is 34.1 Å². The number of carbonyl (C=O) groups is 1. The van der Waals surface area contributed by atoms with E-state index < -0.39 is 10.0 Å². The van der Waals surface area contributed by atoms with Gasteiger partial charge in [0.15, 0.2) is 0 Å². The number of benzene rings is 3. The smallest absolute Gasteiger partial charge is 0.241 e. The summed E-state index contributed by atoms with van der Waals surface area (Å²) in [5, 5.41) is 3.03. The summed E-state index contributed by atoms with van der Waals surface area (Å²) in [4.78, 5) is 13.1. The van der Waals surface area contributed by atoms with Crippen LogP contribution in [0.15, 0.2) is 72.8 Å². The SMILES string of the molecule is Cc1ccc(C(NC(=O)CN(c2cc(C)ccc2C)S(C)(=O)=O)c2ccccc2)cc1. The summed E-state index contributed by atoms with van der Waals surface area (Å²) in [5.74, 6) is -0.374. The summed E-state index contributed by atoms with van der Waals surface area (Å²) in [5.41, 5.74) is 5.22. The molecule has 162 valence electrons. The normalized spacial score (nSPS) is 12.3. The molecule has 0 saturated carbocycles. The van der Waals surface area contributed by atoms with Crippen molar-refractivity contribution in [3.63, 3.8) is 0 Å². The van der Waals surface area contributed by atoms with Crippen LogP contribution in [-0.4, -0.2) is 27.1 Å².